The predicted octanol–water partition coefficient (Wildman–Crippen LogP) is 8.04. The van der Waals surface area contributed by atoms with Gasteiger partial charge in [0, 0.05) is 13.2 Å². The molecule has 0 aromatic rings. The molecule has 0 aliphatic heterocycles. The van der Waals surface area contributed by atoms with Crippen LogP contribution < -0.4 is 0 Å². The van der Waals surface area contributed by atoms with Crippen molar-refractivity contribution in [2.45, 2.75) is 136 Å². The first kappa shape index (κ1) is 24.9. The molecule has 152 valence electrons. The molecule has 0 atom stereocenters. The smallest absolute Gasteiger partial charge is 0.162 e. The molecule has 0 saturated heterocycles. The van der Waals surface area contributed by atoms with E-state index in [4.69, 9.17) is 9.47 Å². The van der Waals surface area contributed by atoms with Crippen LogP contribution in [0.2, 0.25) is 0 Å². The second-order valence-corrected chi connectivity index (χ2v) is 8.05. The minimum Gasteiger partial charge on any atom is -0.351 e. The Balaban J connectivity index is 3.32. The highest BCUT2D eigenvalue weighted by Gasteiger charge is 2.17. The van der Waals surface area contributed by atoms with E-state index in [0.717, 1.165) is 13.2 Å². The first-order valence-corrected chi connectivity index (χ1v) is 11.4. The SMILES string of the molecule is CCCCCCCCCCOC(C)(C)OCCCCCCCCCC. The molecule has 0 radical (unpaired) electrons. The van der Waals surface area contributed by atoms with Crippen molar-refractivity contribution in [2.75, 3.05) is 13.2 Å². The van der Waals surface area contributed by atoms with Crippen molar-refractivity contribution in [1.82, 2.24) is 0 Å². The van der Waals surface area contributed by atoms with Crippen LogP contribution in [0.3, 0.4) is 0 Å². The quantitative estimate of drug-likeness (QED) is 0.162. The monoisotopic (exact) mass is 356 g/mol. The van der Waals surface area contributed by atoms with Crippen LogP contribution in [-0.2, 0) is 9.47 Å². The average molecular weight is 357 g/mol. The second kappa shape index (κ2) is 18.7. The van der Waals surface area contributed by atoms with Gasteiger partial charge in [-0.25, -0.2) is 0 Å². The number of hydrogen-bond acceptors (Lipinski definition) is 2. The Kier molecular flexibility index (Phi) is 18.6. The lowest BCUT2D eigenvalue weighted by atomic mass is 10.1. The van der Waals surface area contributed by atoms with Crippen LogP contribution in [-0.4, -0.2) is 19.0 Å². The Bertz CT molecular complexity index is 226. The molecule has 25 heavy (non-hydrogen) atoms. The van der Waals surface area contributed by atoms with Crippen LogP contribution in [0, 0.1) is 0 Å². The highest BCUT2D eigenvalue weighted by molar-refractivity contribution is 4.55. The van der Waals surface area contributed by atoms with E-state index in [1.54, 1.807) is 0 Å². The zero-order chi connectivity index (χ0) is 18.6. The lowest BCUT2D eigenvalue weighted by Gasteiger charge is -2.25. The van der Waals surface area contributed by atoms with Crippen molar-refractivity contribution >= 4 is 0 Å². The third-order valence-corrected chi connectivity index (χ3v) is 4.90. The zero-order valence-corrected chi connectivity index (χ0v) is 18.0. The van der Waals surface area contributed by atoms with E-state index in [1.807, 2.05) is 0 Å². The Labute approximate surface area is 159 Å². The summed E-state index contributed by atoms with van der Waals surface area (Å²) < 4.78 is 11.8. The number of ether oxygens (including phenoxy) is 2. The molecule has 0 aromatic heterocycles. The van der Waals surface area contributed by atoms with Crippen molar-refractivity contribution in [3.63, 3.8) is 0 Å². The van der Waals surface area contributed by atoms with Crippen molar-refractivity contribution in [3.8, 4) is 0 Å². The minimum atomic E-state index is -0.414. The van der Waals surface area contributed by atoms with Crippen LogP contribution in [0.4, 0.5) is 0 Å². The van der Waals surface area contributed by atoms with Crippen LogP contribution in [0.5, 0.6) is 0 Å². The minimum absolute atomic E-state index is 0.414. The van der Waals surface area contributed by atoms with E-state index in [1.165, 1.54) is 103 Å². The van der Waals surface area contributed by atoms with Gasteiger partial charge in [0.15, 0.2) is 5.79 Å². The Hall–Kier alpha value is -0.0800. The topological polar surface area (TPSA) is 18.5 Å². The van der Waals surface area contributed by atoms with E-state index in [2.05, 4.69) is 27.7 Å². The fourth-order valence-electron chi connectivity index (χ4n) is 3.15. The van der Waals surface area contributed by atoms with E-state index in [9.17, 15) is 0 Å². The molecule has 0 bridgehead atoms. The number of hydrogen-bond donors (Lipinski definition) is 0. The highest BCUT2D eigenvalue weighted by Crippen LogP contribution is 2.15. The molecular weight excluding hydrogens is 308 g/mol. The van der Waals surface area contributed by atoms with Gasteiger partial charge in [-0.2, -0.15) is 0 Å². The summed E-state index contributed by atoms with van der Waals surface area (Å²) in [5.41, 5.74) is 0. The van der Waals surface area contributed by atoms with Crippen LogP contribution in [0.1, 0.15) is 130 Å². The molecule has 0 saturated carbocycles. The third kappa shape index (κ3) is 20.1. The summed E-state index contributed by atoms with van der Waals surface area (Å²) in [7, 11) is 0. The first-order chi connectivity index (χ1) is 12.1. The van der Waals surface area contributed by atoms with E-state index < -0.39 is 5.79 Å². The summed E-state index contributed by atoms with van der Waals surface area (Å²) in [5, 5.41) is 0. The standard InChI is InChI=1S/C23H48O2/c1-5-7-9-11-13-15-17-19-21-24-23(3,4)25-22-20-18-16-14-12-10-8-6-2/h5-22H2,1-4H3. The molecule has 0 aliphatic rings. The van der Waals surface area contributed by atoms with Crippen LogP contribution in [0.25, 0.3) is 0 Å². The maximum absolute atomic E-state index is 5.92. The summed E-state index contributed by atoms with van der Waals surface area (Å²) in [6.07, 6.45) is 21.5. The highest BCUT2D eigenvalue weighted by atomic mass is 16.7. The second-order valence-electron chi connectivity index (χ2n) is 8.05. The molecule has 0 N–H and O–H groups in total. The van der Waals surface area contributed by atoms with Gasteiger partial charge in [0.1, 0.15) is 0 Å². The van der Waals surface area contributed by atoms with Crippen molar-refractivity contribution in [3.05, 3.63) is 0 Å². The summed E-state index contributed by atoms with van der Waals surface area (Å²) in [6.45, 7) is 10.3. The molecule has 0 unspecified atom stereocenters. The molecule has 0 aromatic carbocycles. The zero-order valence-electron chi connectivity index (χ0n) is 18.0. The lowest BCUT2D eigenvalue weighted by Crippen LogP contribution is -2.29. The average Bonchev–Trinajstić information content (AvgIpc) is 2.59. The van der Waals surface area contributed by atoms with Gasteiger partial charge in [-0.05, 0) is 26.7 Å². The van der Waals surface area contributed by atoms with Gasteiger partial charge in [0.05, 0.1) is 0 Å². The summed E-state index contributed by atoms with van der Waals surface area (Å²) >= 11 is 0. The first-order valence-electron chi connectivity index (χ1n) is 11.4. The van der Waals surface area contributed by atoms with Crippen molar-refractivity contribution in [1.29, 1.82) is 0 Å². The Morgan fingerprint density at radius 3 is 1.04 bits per heavy atom. The molecule has 0 spiro atoms. The summed E-state index contributed by atoms with van der Waals surface area (Å²) in [6, 6.07) is 0. The molecule has 0 fully saturated rings. The molecular formula is C23H48O2. The number of rotatable bonds is 20. The molecule has 0 rings (SSSR count). The Morgan fingerprint density at radius 2 is 0.720 bits per heavy atom. The van der Waals surface area contributed by atoms with E-state index >= 15 is 0 Å². The molecule has 2 heteroatoms. The fourth-order valence-corrected chi connectivity index (χ4v) is 3.15. The van der Waals surface area contributed by atoms with Gasteiger partial charge in [-0.3, -0.25) is 0 Å². The maximum atomic E-state index is 5.92. The van der Waals surface area contributed by atoms with Crippen LogP contribution in [0.15, 0.2) is 0 Å². The van der Waals surface area contributed by atoms with E-state index in [-0.39, 0.29) is 0 Å². The Morgan fingerprint density at radius 1 is 0.440 bits per heavy atom. The van der Waals surface area contributed by atoms with Gasteiger partial charge in [0.25, 0.3) is 0 Å². The molecule has 0 aliphatic carbocycles. The van der Waals surface area contributed by atoms with Crippen molar-refractivity contribution < 1.29 is 9.47 Å². The third-order valence-electron chi connectivity index (χ3n) is 4.90. The van der Waals surface area contributed by atoms with Gasteiger partial charge < -0.3 is 9.47 Å². The van der Waals surface area contributed by atoms with Gasteiger partial charge in [0.2, 0.25) is 0 Å². The summed E-state index contributed by atoms with van der Waals surface area (Å²) in [4.78, 5) is 0. The molecule has 2 nitrogen and oxygen atoms in total. The van der Waals surface area contributed by atoms with Crippen LogP contribution >= 0.6 is 0 Å². The normalized spacial score (nSPS) is 12.0. The predicted molar refractivity (Wildman–Crippen MR) is 111 cm³/mol. The lowest BCUT2D eigenvalue weighted by molar-refractivity contribution is -0.214. The van der Waals surface area contributed by atoms with E-state index in [0.29, 0.717) is 0 Å². The maximum Gasteiger partial charge on any atom is 0.162 e. The van der Waals surface area contributed by atoms with Gasteiger partial charge >= 0.3 is 0 Å². The largest absolute Gasteiger partial charge is 0.351 e. The summed E-state index contributed by atoms with van der Waals surface area (Å²) in [5.74, 6) is -0.414. The van der Waals surface area contributed by atoms with Crippen molar-refractivity contribution in [2.24, 2.45) is 0 Å². The van der Waals surface area contributed by atoms with Gasteiger partial charge in [-0.1, -0.05) is 104 Å². The molecule has 0 amide bonds. The molecule has 0 heterocycles. The number of unbranched alkanes of at least 4 members (excludes halogenated alkanes) is 14. The fraction of sp³-hybridized carbons (Fsp3) is 1.00. The van der Waals surface area contributed by atoms with Gasteiger partial charge in [-0.15, -0.1) is 0 Å².